The van der Waals surface area contributed by atoms with Crippen molar-refractivity contribution in [3.8, 4) is 5.75 Å². The summed E-state index contributed by atoms with van der Waals surface area (Å²) in [6.07, 6.45) is 6.67. The van der Waals surface area contributed by atoms with Crippen LogP contribution >= 0.6 is 23.2 Å². The first-order valence-corrected chi connectivity index (χ1v) is 6.16. The second-order valence-corrected chi connectivity index (χ2v) is 4.03. The lowest BCUT2D eigenvalue weighted by molar-refractivity contribution is 0.353. The molecule has 0 spiro atoms. The van der Waals surface area contributed by atoms with Crippen molar-refractivity contribution in [2.75, 3.05) is 18.2 Å². The van der Waals surface area contributed by atoms with Gasteiger partial charge in [-0.3, -0.25) is 0 Å². The Labute approximate surface area is 117 Å². The van der Waals surface area contributed by atoms with E-state index >= 15 is 0 Å². The second-order valence-electron chi connectivity index (χ2n) is 3.36. The Kier molecular flexibility index (Phi) is 6.33. The maximum absolute atomic E-state index is 6.07. The second kappa shape index (κ2) is 7.80. The Morgan fingerprint density at radius 3 is 2.94 bits per heavy atom. The topological polar surface area (TPSA) is 48.1 Å². The summed E-state index contributed by atoms with van der Waals surface area (Å²) < 4.78 is 5.52. The molecule has 3 nitrogen and oxygen atoms in total. The van der Waals surface area contributed by atoms with Crippen LogP contribution in [0.25, 0.3) is 0 Å². The quantitative estimate of drug-likeness (QED) is 0.642. The van der Waals surface area contributed by atoms with Gasteiger partial charge in [-0.25, -0.2) is 4.98 Å². The maximum atomic E-state index is 6.07. The molecule has 0 aliphatic carbocycles. The average Bonchev–Trinajstić information content (AvgIpc) is 2.39. The van der Waals surface area contributed by atoms with Crippen LogP contribution in [-0.2, 0) is 0 Å². The Bertz CT molecular complexity index is 470. The molecule has 0 saturated carbocycles. The standard InChI is InChI=1S/C13H14Cl2N2O/c1-2-3-5-11(15)10(8-14)9-18-12-6-4-7-17-13(12)16/h2-7H,1,8-9H2,(H2,16,17)/b5-3-,11-10-. The number of hydrogen-bond donors (Lipinski definition) is 1. The molecule has 0 amide bonds. The monoisotopic (exact) mass is 284 g/mol. The summed E-state index contributed by atoms with van der Waals surface area (Å²) >= 11 is 11.9. The number of pyridine rings is 1. The first-order valence-electron chi connectivity index (χ1n) is 5.25. The summed E-state index contributed by atoms with van der Waals surface area (Å²) in [5.74, 6) is 1.13. The number of halogens is 2. The van der Waals surface area contributed by atoms with Gasteiger partial charge in [0.25, 0.3) is 0 Å². The van der Waals surface area contributed by atoms with Crippen LogP contribution in [0, 0.1) is 0 Å². The molecule has 0 bridgehead atoms. The van der Waals surface area contributed by atoms with Crippen molar-refractivity contribution in [2.45, 2.75) is 0 Å². The van der Waals surface area contributed by atoms with Gasteiger partial charge in [-0.15, -0.1) is 11.6 Å². The van der Waals surface area contributed by atoms with Crippen LogP contribution in [0.5, 0.6) is 5.75 Å². The molecule has 5 heteroatoms. The minimum atomic E-state index is 0.264. The number of nitrogen functional groups attached to an aromatic ring is 1. The molecule has 0 fully saturated rings. The highest BCUT2D eigenvalue weighted by molar-refractivity contribution is 6.32. The van der Waals surface area contributed by atoms with E-state index < -0.39 is 0 Å². The molecule has 2 N–H and O–H groups in total. The van der Waals surface area contributed by atoms with Crippen LogP contribution in [0.2, 0.25) is 0 Å². The summed E-state index contributed by atoms with van der Waals surface area (Å²) in [5, 5.41) is 0.535. The molecule has 96 valence electrons. The summed E-state index contributed by atoms with van der Waals surface area (Å²) in [6.45, 7) is 3.83. The highest BCUT2D eigenvalue weighted by Gasteiger charge is 2.05. The number of nitrogens with zero attached hydrogens (tertiary/aromatic N) is 1. The molecule has 0 radical (unpaired) electrons. The van der Waals surface area contributed by atoms with E-state index in [1.807, 2.05) is 0 Å². The molecule has 1 rings (SSSR count). The van der Waals surface area contributed by atoms with E-state index in [4.69, 9.17) is 33.7 Å². The Morgan fingerprint density at radius 1 is 1.56 bits per heavy atom. The highest BCUT2D eigenvalue weighted by atomic mass is 35.5. The van der Waals surface area contributed by atoms with E-state index in [1.165, 1.54) is 0 Å². The van der Waals surface area contributed by atoms with Crippen LogP contribution in [0.15, 0.2) is 53.7 Å². The lowest BCUT2D eigenvalue weighted by atomic mass is 10.3. The van der Waals surface area contributed by atoms with Gasteiger partial charge in [0.1, 0.15) is 6.61 Å². The Hall–Kier alpha value is -1.45. The summed E-state index contributed by atoms with van der Waals surface area (Å²) in [7, 11) is 0. The molecule has 0 aromatic carbocycles. The van der Waals surface area contributed by atoms with Gasteiger partial charge < -0.3 is 10.5 Å². The largest absolute Gasteiger partial charge is 0.485 e. The van der Waals surface area contributed by atoms with Crippen molar-refractivity contribution < 1.29 is 4.74 Å². The zero-order valence-electron chi connectivity index (χ0n) is 9.77. The van der Waals surface area contributed by atoms with Crippen molar-refractivity contribution >= 4 is 29.0 Å². The van der Waals surface area contributed by atoms with Crippen molar-refractivity contribution in [3.63, 3.8) is 0 Å². The van der Waals surface area contributed by atoms with E-state index in [0.29, 0.717) is 16.6 Å². The number of ether oxygens (including phenoxy) is 1. The van der Waals surface area contributed by atoms with Crippen LogP contribution in [-0.4, -0.2) is 17.5 Å². The zero-order chi connectivity index (χ0) is 13.4. The first kappa shape index (κ1) is 14.6. The molecule has 18 heavy (non-hydrogen) atoms. The van der Waals surface area contributed by atoms with Crippen molar-refractivity contribution in [1.82, 2.24) is 4.98 Å². The number of nitrogens with two attached hydrogens (primary N) is 1. The van der Waals surface area contributed by atoms with Crippen LogP contribution in [0.1, 0.15) is 0 Å². The van der Waals surface area contributed by atoms with Gasteiger partial charge in [0.2, 0.25) is 0 Å². The Balaban J connectivity index is 2.73. The minimum Gasteiger partial charge on any atom is -0.485 e. The lowest BCUT2D eigenvalue weighted by Gasteiger charge is -2.09. The summed E-state index contributed by atoms with van der Waals surface area (Å²) in [6, 6.07) is 3.48. The SMILES string of the molecule is C=C/C=C\C(Cl)=C(/CCl)COc1cccnc1N. The van der Waals surface area contributed by atoms with Gasteiger partial charge in [-0.05, 0) is 18.2 Å². The van der Waals surface area contributed by atoms with Gasteiger partial charge in [0, 0.05) is 22.7 Å². The number of rotatable bonds is 6. The van der Waals surface area contributed by atoms with Crippen LogP contribution < -0.4 is 10.5 Å². The van der Waals surface area contributed by atoms with E-state index in [1.54, 1.807) is 36.6 Å². The average molecular weight is 285 g/mol. The van der Waals surface area contributed by atoms with Gasteiger partial charge >= 0.3 is 0 Å². The fourth-order valence-corrected chi connectivity index (χ4v) is 1.62. The molecule has 0 atom stereocenters. The Morgan fingerprint density at radius 2 is 2.33 bits per heavy atom. The zero-order valence-corrected chi connectivity index (χ0v) is 11.3. The first-order chi connectivity index (χ1) is 8.69. The molecule has 0 aliphatic rings. The predicted octanol–water partition coefficient (Wildman–Crippen LogP) is 3.52. The van der Waals surface area contributed by atoms with Gasteiger partial charge in [0.15, 0.2) is 11.6 Å². The van der Waals surface area contributed by atoms with Gasteiger partial charge in [-0.1, -0.05) is 30.3 Å². The number of hydrogen-bond acceptors (Lipinski definition) is 3. The highest BCUT2D eigenvalue weighted by Crippen LogP contribution is 2.20. The molecule has 1 aromatic heterocycles. The van der Waals surface area contributed by atoms with Crippen LogP contribution in [0.4, 0.5) is 5.82 Å². The molecule has 0 aliphatic heterocycles. The summed E-state index contributed by atoms with van der Waals surface area (Å²) in [5.41, 5.74) is 6.42. The molecular weight excluding hydrogens is 271 g/mol. The van der Waals surface area contributed by atoms with Crippen molar-refractivity contribution in [2.24, 2.45) is 0 Å². The third kappa shape index (κ3) is 4.43. The van der Waals surface area contributed by atoms with Crippen molar-refractivity contribution in [3.05, 3.63) is 53.7 Å². The van der Waals surface area contributed by atoms with E-state index in [-0.39, 0.29) is 12.5 Å². The van der Waals surface area contributed by atoms with Gasteiger partial charge in [-0.2, -0.15) is 0 Å². The molecule has 0 unspecified atom stereocenters. The minimum absolute atomic E-state index is 0.264. The molecule has 1 heterocycles. The molecule has 0 saturated heterocycles. The maximum Gasteiger partial charge on any atom is 0.166 e. The third-order valence-corrected chi connectivity index (χ3v) is 2.80. The van der Waals surface area contributed by atoms with E-state index in [9.17, 15) is 0 Å². The van der Waals surface area contributed by atoms with E-state index in [2.05, 4.69) is 11.6 Å². The normalized spacial score (nSPS) is 12.3. The van der Waals surface area contributed by atoms with Gasteiger partial charge in [0.05, 0.1) is 0 Å². The third-order valence-electron chi connectivity index (χ3n) is 2.08. The fourth-order valence-electron chi connectivity index (χ4n) is 1.13. The lowest BCUT2D eigenvalue weighted by Crippen LogP contribution is -2.06. The van der Waals surface area contributed by atoms with E-state index in [0.717, 1.165) is 5.57 Å². The summed E-state index contributed by atoms with van der Waals surface area (Å²) in [4.78, 5) is 3.92. The predicted molar refractivity (Wildman–Crippen MR) is 77.1 cm³/mol. The molecule has 1 aromatic rings. The number of aromatic nitrogens is 1. The molecular formula is C13H14Cl2N2O. The number of alkyl halides is 1. The smallest absolute Gasteiger partial charge is 0.166 e. The van der Waals surface area contributed by atoms with Crippen molar-refractivity contribution in [1.29, 1.82) is 0 Å². The number of allylic oxidation sites excluding steroid dienone is 4. The fraction of sp³-hybridized carbons (Fsp3) is 0.154. The number of anilines is 1. The van der Waals surface area contributed by atoms with Crippen LogP contribution in [0.3, 0.4) is 0 Å².